The van der Waals surface area contributed by atoms with Crippen molar-refractivity contribution in [2.75, 3.05) is 18.1 Å². The van der Waals surface area contributed by atoms with Crippen molar-refractivity contribution >= 4 is 11.8 Å². The van der Waals surface area contributed by atoms with Crippen LogP contribution in [-0.2, 0) is 18.2 Å². The van der Waals surface area contributed by atoms with Crippen LogP contribution in [0.3, 0.4) is 0 Å². The number of aromatic nitrogens is 2. The van der Waals surface area contributed by atoms with Gasteiger partial charge in [0, 0.05) is 24.8 Å². The molecule has 90 valence electrons. The minimum absolute atomic E-state index is 0.00965. The fourth-order valence-corrected chi connectivity index (χ4v) is 2.76. The van der Waals surface area contributed by atoms with E-state index in [1.807, 2.05) is 31.2 Å². The average molecular weight is 242 g/mol. The van der Waals surface area contributed by atoms with Gasteiger partial charge in [0.15, 0.2) is 0 Å². The van der Waals surface area contributed by atoms with Gasteiger partial charge in [0.2, 0.25) is 0 Å². The summed E-state index contributed by atoms with van der Waals surface area (Å²) in [5.41, 5.74) is 1.17. The fraction of sp³-hybridized carbons (Fsp3) is 0.727. The molecule has 0 radical (unpaired) electrons. The van der Waals surface area contributed by atoms with E-state index in [1.165, 1.54) is 5.56 Å². The summed E-state index contributed by atoms with van der Waals surface area (Å²) in [5, 5.41) is 14.1. The molecule has 1 fully saturated rings. The molecule has 4 nitrogen and oxygen atoms in total. The van der Waals surface area contributed by atoms with E-state index in [2.05, 4.69) is 5.10 Å². The van der Waals surface area contributed by atoms with Crippen LogP contribution in [0.2, 0.25) is 0 Å². The van der Waals surface area contributed by atoms with Crippen molar-refractivity contribution in [3.63, 3.8) is 0 Å². The lowest BCUT2D eigenvalue weighted by atomic mass is 10.1. The summed E-state index contributed by atoms with van der Waals surface area (Å²) in [6, 6.07) is 0. The fourth-order valence-electron chi connectivity index (χ4n) is 1.83. The van der Waals surface area contributed by atoms with Crippen molar-refractivity contribution in [3.05, 3.63) is 18.0 Å². The van der Waals surface area contributed by atoms with Crippen LogP contribution in [-0.4, -0.2) is 45.2 Å². The largest absolute Gasteiger partial charge is 0.390 e. The Kier molecular flexibility index (Phi) is 4.26. The van der Waals surface area contributed by atoms with Crippen LogP contribution in [0.15, 0.2) is 12.4 Å². The second-order valence-electron chi connectivity index (χ2n) is 4.11. The molecule has 1 aromatic heterocycles. The van der Waals surface area contributed by atoms with Gasteiger partial charge >= 0.3 is 0 Å². The van der Waals surface area contributed by atoms with Crippen LogP contribution in [0.1, 0.15) is 12.0 Å². The monoisotopic (exact) mass is 242 g/mol. The second-order valence-corrected chi connectivity index (χ2v) is 5.26. The number of thioether (sulfide) groups is 1. The number of hydrogen-bond donors (Lipinski definition) is 1. The molecule has 0 spiro atoms. The van der Waals surface area contributed by atoms with Gasteiger partial charge in [0.05, 0.1) is 25.0 Å². The molecule has 0 amide bonds. The maximum absolute atomic E-state index is 9.98. The first-order valence-electron chi connectivity index (χ1n) is 5.60. The summed E-state index contributed by atoms with van der Waals surface area (Å²) in [6.45, 7) is 0.763. The third-order valence-corrected chi connectivity index (χ3v) is 3.78. The first-order valence-corrected chi connectivity index (χ1v) is 6.76. The molecule has 2 atom stereocenters. The van der Waals surface area contributed by atoms with Gasteiger partial charge in [-0.3, -0.25) is 4.68 Å². The highest BCUT2D eigenvalue weighted by molar-refractivity contribution is 7.99. The zero-order valence-electron chi connectivity index (χ0n) is 9.50. The van der Waals surface area contributed by atoms with Crippen LogP contribution >= 0.6 is 11.8 Å². The van der Waals surface area contributed by atoms with E-state index in [0.717, 1.165) is 31.0 Å². The van der Waals surface area contributed by atoms with E-state index in [9.17, 15) is 5.11 Å². The SMILES string of the molecule is Cn1cc(CCC(O)C2CSCCO2)cn1. The number of rotatable bonds is 4. The molecular weight excluding hydrogens is 224 g/mol. The minimum Gasteiger partial charge on any atom is -0.390 e. The Bertz CT molecular complexity index is 324. The molecule has 0 saturated carbocycles. The van der Waals surface area contributed by atoms with Crippen molar-refractivity contribution in [3.8, 4) is 0 Å². The second kappa shape index (κ2) is 5.70. The summed E-state index contributed by atoms with van der Waals surface area (Å²) in [6.07, 6.45) is 5.10. The van der Waals surface area contributed by atoms with Gasteiger partial charge < -0.3 is 9.84 Å². The van der Waals surface area contributed by atoms with E-state index < -0.39 is 0 Å². The van der Waals surface area contributed by atoms with E-state index in [0.29, 0.717) is 0 Å². The van der Waals surface area contributed by atoms with Crippen LogP contribution < -0.4 is 0 Å². The first kappa shape index (κ1) is 12.0. The van der Waals surface area contributed by atoms with E-state index in [-0.39, 0.29) is 12.2 Å². The third kappa shape index (κ3) is 3.23. The summed E-state index contributed by atoms with van der Waals surface area (Å²) in [5.74, 6) is 1.96. The first-order chi connectivity index (χ1) is 7.75. The smallest absolute Gasteiger partial charge is 0.0924 e. The average Bonchev–Trinajstić information content (AvgIpc) is 2.73. The Morgan fingerprint density at radius 3 is 3.25 bits per heavy atom. The topological polar surface area (TPSA) is 47.3 Å². The molecule has 2 rings (SSSR count). The van der Waals surface area contributed by atoms with E-state index >= 15 is 0 Å². The number of aliphatic hydroxyl groups is 1. The maximum atomic E-state index is 9.98. The Labute approximate surface area is 100.0 Å². The summed E-state index contributed by atoms with van der Waals surface area (Å²) < 4.78 is 7.33. The van der Waals surface area contributed by atoms with Crippen LogP contribution in [0.4, 0.5) is 0 Å². The van der Waals surface area contributed by atoms with Crippen molar-refractivity contribution < 1.29 is 9.84 Å². The Morgan fingerprint density at radius 2 is 2.62 bits per heavy atom. The van der Waals surface area contributed by atoms with Gasteiger partial charge in [-0.1, -0.05) is 0 Å². The third-order valence-electron chi connectivity index (χ3n) is 2.76. The Morgan fingerprint density at radius 1 is 1.75 bits per heavy atom. The van der Waals surface area contributed by atoms with Gasteiger partial charge in [-0.25, -0.2) is 0 Å². The molecule has 1 aliphatic rings. The number of hydrogen-bond acceptors (Lipinski definition) is 4. The Hall–Kier alpha value is -0.520. The van der Waals surface area contributed by atoms with Gasteiger partial charge in [0.25, 0.3) is 0 Å². The van der Waals surface area contributed by atoms with Crippen molar-refractivity contribution in [1.82, 2.24) is 9.78 Å². The van der Waals surface area contributed by atoms with Crippen LogP contribution in [0.25, 0.3) is 0 Å². The highest BCUT2D eigenvalue weighted by Gasteiger charge is 2.22. The quantitative estimate of drug-likeness (QED) is 0.850. The minimum atomic E-state index is -0.354. The summed E-state index contributed by atoms with van der Waals surface area (Å²) in [4.78, 5) is 0. The molecule has 2 heterocycles. The molecule has 5 heteroatoms. The highest BCUT2D eigenvalue weighted by atomic mass is 32.2. The normalized spacial score (nSPS) is 23.2. The molecule has 2 unspecified atom stereocenters. The van der Waals surface area contributed by atoms with Crippen molar-refractivity contribution in [1.29, 1.82) is 0 Å². The number of aliphatic hydroxyl groups excluding tert-OH is 1. The predicted octanol–water partition coefficient (Wildman–Crippen LogP) is 0.846. The lowest BCUT2D eigenvalue weighted by molar-refractivity contribution is -0.0244. The molecule has 0 aliphatic carbocycles. The van der Waals surface area contributed by atoms with Gasteiger partial charge in [-0.15, -0.1) is 0 Å². The highest BCUT2D eigenvalue weighted by Crippen LogP contribution is 2.18. The zero-order valence-corrected chi connectivity index (χ0v) is 10.3. The summed E-state index contributed by atoms with van der Waals surface area (Å²) in [7, 11) is 1.90. The summed E-state index contributed by atoms with van der Waals surface area (Å²) >= 11 is 1.86. The molecular formula is C11H18N2O2S. The van der Waals surface area contributed by atoms with Crippen LogP contribution in [0.5, 0.6) is 0 Å². The number of aryl methyl sites for hydroxylation is 2. The molecule has 1 N–H and O–H groups in total. The maximum Gasteiger partial charge on any atom is 0.0924 e. The zero-order chi connectivity index (χ0) is 11.4. The predicted molar refractivity (Wildman–Crippen MR) is 64.6 cm³/mol. The van der Waals surface area contributed by atoms with Gasteiger partial charge in [0.1, 0.15) is 0 Å². The molecule has 0 aromatic carbocycles. The molecule has 1 aliphatic heterocycles. The molecule has 16 heavy (non-hydrogen) atoms. The van der Waals surface area contributed by atoms with Gasteiger partial charge in [-0.05, 0) is 18.4 Å². The lowest BCUT2D eigenvalue weighted by Crippen LogP contribution is -2.35. The van der Waals surface area contributed by atoms with Gasteiger partial charge in [-0.2, -0.15) is 16.9 Å². The molecule has 0 bridgehead atoms. The lowest BCUT2D eigenvalue weighted by Gasteiger charge is -2.26. The molecule has 1 saturated heterocycles. The number of ether oxygens (including phenoxy) is 1. The number of nitrogens with zero attached hydrogens (tertiary/aromatic N) is 2. The molecule has 1 aromatic rings. The Balaban J connectivity index is 1.76. The van der Waals surface area contributed by atoms with E-state index in [4.69, 9.17) is 4.74 Å². The van der Waals surface area contributed by atoms with Crippen molar-refractivity contribution in [2.24, 2.45) is 7.05 Å². The van der Waals surface area contributed by atoms with E-state index in [1.54, 1.807) is 4.68 Å². The van der Waals surface area contributed by atoms with Crippen LogP contribution in [0, 0.1) is 0 Å². The van der Waals surface area contributed by atoms with Crippen molar-refractivity contribution in [2.45, 2.75) is 25.0 Å². The standard InChI is InChI=1S/C11H18N2O2S/c1-13-7-9(6-12-13)2-3-10(14)11-8-16-5-4-15-11/h6-7,10-11,14H,2-5,8H2,1H3.